The Bertz CT molecular complexity index is 798. The molecule has 0 amide bonds. The van der Waals surface area contributed by atoms with E-state index in [1.807, 2.05) is 31.2 Å². The zero-order valence-corrected chi connectivity index (χ0v) is 17.5. The first-order chi connectivity index (χ1) is 14.2. The van der Waals surface area contributed by atoms with E-state index in [-0.39, 0.29) is 0 Å². The molecule has 156 valence electrons. The minimum absolute atomic E-state index is 0.397. The van der Waals surface area contributed by atoms with Crippen LogP contribution in [-0.4, -0.2) is 26.3 Å². The second-order valence-electron chi connectivity index (χ2n) is 6.45. The topological polar surface area (TPSA) is 54.0 Å². The van der Waals surface area contributed by atoms with Gasteiger partial charge in [-0.2, -0.15) is 0 Å². The highest BCUT2D eigenvalue weighted by molar-refractivity contribution is 5.89. The van der Waals surface area contributed by atoms with E-state index in [0.717, 1.165) is 18.4 Å². The minimum atomic E-state index is -0.479. The molecule has 0 fully saturated rings. The van der Waals surface area contributed by atoms with Crippen molar-refractivity contribution in [3.8, 4) is 23.0 Å². The molecule has 0 N–H and O–H groups in total. The van der Waals surface area contributed by atoms with E-state index in [9.17, 15) is 4.79 Å². The molecule has 0 saturated carbocycles. The molecule has 0 atom stereocenters. The van der Waals surface area contributed by atoms with Crippen LogP contribution in [0.15, 0.2) is 48.5 Å². The van der Waals surface area contributed by atoms with Crippen LogP contribution in [0, 0.1) is 0 Å². The Labute approximate surface area is 173 Å². The van der Waals surface area contributed by atoms with E-state index in [4.69, 9.17) is 18.9 Å². The monoisotopic (exact) mass is 398 g/mol. The molecule has 0 heterocycles. The fourth-order valence-electron chi connectivity index (χ4n) is 2.73. The van der Waals surface area contributed by atoms with Crippen molar-refractivity contribution >= 4 is 12.0 Å². The van der Waals surface area contributed by atoms with Gasteiger partial charge in [-0.05, 0) is 49.2 Å². The maximum Gasteiger partial charge on any atom is 0.336 e. The van der Waals surface area contributed by atoms with Crippen LogP contribution < -0.4 is 18.9 Å². The zero-order chi connectivity index (χ0) is 20.9. The number of benzene rings is 2. The van der Waals surface area contributed by atoms with Gasteiger partial charge < -0.3 is 18.9 Å². The maximum absolute atomic E-state index is 12.2. The molecule has 5 heteroatoms. The molecule has 0 saturated heterocycles. The van der Waals surface area contributed by atoms with E-state index < -0.39 is 5.97 Å². The summed E-state index contributed by atoms with van der Waals surface area (Å²) in [7, 11) is 1.60. The first kappa shape index (κ1) is 22.3. The summed E-state index contributed by atoms with van der Waals surface area (Å²) < 4.78 is 22.1. The van der Waals surface area contributed by atoms with Gasteiger partial charge >= 0.3 is 5.97 Å². The molecule has 0 aromatic heterocycles. The fraction of sp³-hybridized carbons (Fsp3) is 0.375. The Morgan fingerprint density at radius 2 is 1.66 bits per heavy atom. The fourth-order valence-corrected chi connectivity index (χ4v) is 2.73. The van der Waals surface area contributed by atoms with Gasteiger partial charge in [-0.15, -0.1) is 0 Å². The summed E-state index contributed by atoms with van der Waals surface area (Å²) in [4.78, 5) is 12.2. The van der Waals surface area contributed by atoms with Gasteiger partial charge in [0.05, 0.1) is 20.3 Å². The molecule has 0 aliphatic heterocycles. The SMILES string of the molecule is CCCCCCOc1ccc(/C=C/C(=O)Oc2ccccc2OCC)cc1OC. The quantitative estimate of drug-likeness (QED) is 0.199. The number of hydrogen-bond acceptors (Lipinski definition) is 5. The van der Waals surface area contributed by atoms with E-state index in [1.54, 1.807) is 31.4 Å². The number of unbranched alkanes of at least 4 members (excludes halogenated alkanes) is 3. The average Bonchev–Trinajstić information content (AvgIpc) is 2.74. The molecule has 2 aromatic rings. The van der Waals surface area contributed by atoms with Gasteiger partial charge in [0.1, 0.15) is 0 Å². The molecule has 0 aliphatic carbocycles. The van der Waals surface area contributed by atoms with E-state index >= 15 is 0 Å². The summed E-state index contributed by atoms with van der Waals surface area (Å²) in [6.07, 6.45) is 7.66. The smallest absolute Gasteiger partial charge is 0.336 e. The van der Waals surface area contributed by atoms with Gasteiger partial charge in [-0.3, -0.25) is 0 Å². The first-order valence-corrected chi connectivity index (χ1v) is 10.1. The number of rotatable bonds is 12. The van der Waals surface area contributed by atoms with Gasteiger partial charge in [0.2, 0.25) is 0 Å². The minimum Gasteiger partial charge on any atom is -0.493 e. The van der Waals surface area contributed by atoms with Crippen LogP contribution in [0.2, 0.25) is 0 Å². The van der Waals surface area contributed by atoms with Gasteiger partial charge in [0.25, 0.3) is 0 Å². The van der Waals surface area contributed by atoms with Gasteiger partial charge in [0.15, 0.2) is 23.0 Å². The van der Waals surface area contributed by atoms with Crippen LogP contribution in [0.4, 0.5) is 0 Å². The Morgan fingerprint density at radius 3 is 2.38 bits per heavy atom. The second kappa shape index (κ2) is 12.5. The van der Waals surface area contributed by atoms with Crippen molar-refractivity contribution in [2.45, 2.75) is 39.5 Å². The molecule has 2 rings (SSSR count). The molecule has 0 unspecified atom stereocenters. The molecule has 2 aromatic carbocycles. The highest BCUT2D eigenvalue weighted by Gasteiger charge is 2.08. The summed E-state index contributed by atoms with van der Waals surface area (Å²) in [5.41, 5.74) is 0.815. The third-order valence-electron chi connectivity index (χ3n) is 4.21. The average molecular weight is 398 g/mol. The number of methoxy groups -OCH3 is 1. The second-order valence-corrected chi connectivity index (χ2v) is 6.45. The summed E-state index contributed by atoms with van der Waals surface area (Å²) in [5, 5.41) is 0. The molecule has 5 nitrogen and oxygen atoms in total. The predicted octanol–water partition coefficient (Wildman–Crippen LogP) is 5.67. The van der Waals surface area contributed by atoms with Crippen molar-refractivity contribution in [1.29, 1.82) is 0 Å². The summed E-state index contributed by atoms with van der Waals surface area (Å²) in [5.74, 6) is 1.80. The highest BCUT2D eigenvalue weighted by atomic mass is 16.6. The van der Waals surface area contributed by atoms with Gasteiger partial charge in [0, 0.05) is 6.08 Å². The summed E-state index contributed by atoms with van der Waals surface area (Å²) in [6.45, 7) is 5.22. The summed E-state index contributed by atoms with van der Waals surface area (Å²) in [6, 6.07) is 12.7. The molecular formula is C24H30O5. The van der Waals surface area contributed by atoms with Gasteiger partial charge in [-0.25, -0.2) is 4.79 Å². The number of carbonyl (C=O) groups excluding carboxylic acids is 1. The Hall–Kier alpha value is -2.95. The van der Waals surface area contributed by atoms with Crippen LogP contribution in [0.25, 0.3) is 6.08 Å². The molecular weight excluding hydrogens is 368 g/mol. The highest BCUT2D eigenvalue weighted by Crippen LogP contribution is 2.29. The third-order valence-corrected chi connectivity index (χ3v) is 4.21. The summed E-state index contributed by atoms with van der Waals surface area (Å²) >= 11 is 0. The van der Waals surface area contributed by atoms with Gasteiger partial charge in [-0.1, -0.05) is 44.4 Å². The Morgan fingerprint density at radius 1 is 0.897 bits per heavy atom. The lowest BCUT2D eigenvalue weighted by atomic mass is 10.2. The third kappa shape index (κ3) is 7.53. The number of ether oxygens (including phenoxy) is 4. The van der Waals surface area contributed by atoms with E-state index in [1.165, 1.54) is 18.9 Å². The van der Waals surface area contributed by atoms with Crippen molar-refractivity contribution in [1.82, 2.24) is 0 Å². The van der Waals surface area contributed by atoms with Crippen molar-refractivity contribution in [2.24, 2.45) is 0 Å². The van der Waals surface area contributed by atoms with E-state index in [0.29, 0.717) is 36.2 Å². The van der Waals surface area contributed by atoms with Crippen LogP contribution >= 0.6 is 0 Å². The number of para-hydroxylation sites is 2. The molecule has 29 heavy (non-hydrogen) atoms. The van der Waals surface area contributed by atoms with Crippen LogP contribution in [0.3, 0.4) is 0 Å². The number of carbonyl (C=O) groups is 1. The molecule has 0 bridgehead atoms. The van der Waals surface area contributed by atoms with Crippen LogP contribution in [0.5, 0.6) is 23.0 Å². The van der Waals surface area contributed by atoms with Crippen molar-refractivity contribution < 1.29 is 23.7 Å². The number of hydrogen-bond donors (Lipinski definition) is 0. The lowest BCUT2D eigenvalue weighted by molar-refractivity contribution is -0.129. The van der Waals surface area contributed by atoms with Crippen LogP contribution in [0.1, 0.15) is 45.1 Å². The lowest BCUT2D eigenvalue weighted by Crippen LogP contribution is -2.05. The normalized spacial score (nSPS) is 10.7. The standard InChI is InChI=1S/C24H30O5/c1-4-6-7-10-17-28-21-15-13-19(18-23(21)26-3)14-16-24(25)29-22-12-9-8-11-20(22)27-5-2/h8-9,11-16,18H,4-7,10,17H2,1-3H3/b16-14+. The van der Waals surface area contributed by atoms with Crippen LogP contribution in [-0.2, 0) is 4.79 Å². The van der Waals surface area contributed by atoms with Crippen molar-refractivity contribution in [3.63, 3.8) is 0 Å². The molecule has 0 aliphatic rings. The largest absolute Gasteiger partial charge is 0.493 e. The Kier molecular flexibility index (Phi) is 9.63. The van der Waals surface area contributed by atoms with Crippen molar-refractivity contribution in [3.05, 3.63) is 54.1 Å². The predicted molar refractivity (Wildman–Crippen MR) is 115 cm³/mol. The zero-order valence-electron chi connectivity index (χ0n) is 17.5. The number of esters is 1. The molecule has 0 spiro atoms. The maximum atomic E-state index is 12.2. The molecule has 0 radical (unpaired) electrons. The Balaban J connectivity index is 1.96. The van der Waals surface area contributed by atoms with E-state index in [2.05, 4.69) is 6.92 Å². The van der Waals surface area contributed by atoms with Crippen molar-refractivity contribution in [2.75, 3.05) is 20.3 Å². The first-order valence-electron chi connectivity index (χ1n) is 10.1. The lowest BCUT2D eigenvalue weighted by Gasteiger charge is -2.11.